The number of benzene rings is 1. The van der Waals surface area contributed by atoms with E-state index in [1.165, 1.54) is 17.7 Å². The molecule has 0 unspecified atom stereocenters. The first-order chi connectivity index (χ1) is 12.4. The molecule has 2 heterocycles. The summed E-state index contributed by atoms with van der Waals surface area (Å²) >= 11 is 1.39. The van der Waals surface area contributed by atoms with Gasteiger partial charge < -0.3 is 14.8 Å². The Morgan fingerprint density at radius 1 is 1.12 bits per heavy atom. The van der Waals surface area contributed by atoms with Gasteiger partial charge in [-0.3, -0.25) is 0 Å². The van der Waals surface area contributed by atoms with E-state index < -0.39 is 10.0 Å². The van der Waals surface area contributed by atoms with E-state index >= 15 is 0 Å². The number of methoxy groups -OCH3 is 2. The summed E-state index contributed by atoms with van der Waals surface area (Å²) in [6, 6.07) is 7.23. The molecule has 0 bridgehead atoms. The molecular formula is C16H18N4O4S2. The van der Waals surface area contributed by atoms with E-state index in [4.69, 9.17) is 14.6 Å². The van der Waals surface area contributed by atoms with Crippen LogP contribution in [-0.4, -0.2) is 32.6 Å². The smallest absolute Gasteiger partial charge is 0.214 e. The molecule has 8 nitrogen and oxygen atoms in total. The van der Waals surface area contributed by atoms with Gasteiger partial charge in [-0.1, -0.05) is 0 Å². The Hall–Kier alpha value is -2.43. The number of thiophene rings is 1. The van der Waals surface area contributed by atoms with Crippen molar-refractivity contribution in [1.82, 2.24) is 9.97 Å². The number of primary sulfonamides is 1. The van der Waals surface area contributed by atoms with Crippen LogP contribution in [-0.2, 0) is 22.3 Å². The summed E-state index contributed by atoms with van der Waals surface area (Å²) in [5.41, 5.74) is 0.723. The van der Waals surface area contributed by atoms with E-state index in [0.29, 0.717) is 28.7 Å². The van der Waals surface area contributed by atoms with Crippen molar-refractivity contribution < 1.29 is 17.9 Å². The van der Waals surface area contributed by atoms with Gasteiger partial charge in [0.25, 0.3) is 0 Å². The molecule has 1 aromatic carbocycles. The molecule has 138 valence electrons. The van der Waals surface area contributed by atoms with Crippen molar-refractivity contribution in [3.8, 4) is 11.5 Å². The van der Waals surface area contributed by atoms with Gasteiger partial charge in [0, 0.05) is 21.2 Å². The van der Waals surface area contributed by atoms with Crippen LogP contribution in [0.4, 0.5) is 5.82 Å². The molecular weight excluding hydrogens is 376 g/mol. The molecule has 0 radical (unpaired) electrons. The second-order valence-corrected chi connectivity index (χ2v) is 8.34. The van der Waals surface area contributed by atoms with Crippen LogP contribution in [0.3, 0.4) is 0 Å². The standard InChI is InChI=1S/C16H18N4O4S2/c1-23-14-5-12-13(6-15(14)24-2)19-9-20-16(12)18-7-10-3-4-11(25-10)8-26(17,21)22/h3-6,9H,7-8H2,1-2H3,(H2,17,21,22)(H,18,19,20). The minimum atomic E-state index is -3.53. The van der Waals surface area contributed by atoms with Crippen LogP contribution in [0.15, 0.2) is 30.6 Å². The normalized spacial score (nSPS) is 11.5. The molecule has 0 aliphatic rings. The van der Waals surface area contributed by atoms with E-state index in [9.17, 15) is 8.42 Å². The van der Waals surface area contributed by atoms with Crippen molar-refractivity contribution in [1.29, 1.82) is 0 Å². The third-order valence-corrected chi connectivity index (χ3v) is 5.61. The van der Waals surface area contributed by atoms with Gasteiger partial charge in [-0.15, -0.1) is 11.3 Å². The molecule has 0 aliphatic heterocycles. The van der Waals surface area contributed by atoms with Crippen molar-refractivity contribution in [3.63, 3.8) is 0 Å². The molecule has 3 aromatic rings. The Labute approximate surface area is 155 Å². The lowest BCUT2D eigenvalue weighted by molar-refractivity contribution is 0.356. The van der Waals surface area contributed by atoms with Gasteiger partial charge >= 0.3 is 0 Å². The number of ether oxygens (including phenoxy) is 2. The predicted molar refractivity (Wildman–Crippen MR) is 101 cm³/mol. The number of aromatic nitrogens is 2. The number of nitrogens with one attached hydrogen (secondary N) is 1. The van der Waals surface area contributed by atoms with Crippen LogP contribution >= 0.6 is 11.3 Å². The second-order valence-electron chi connectivity index (χ2n) is 5.48. The Morgan fingerprint density at radius 2 is 1.81 bits per heavy atom. The number of anilines is 1. The summed E-state index contributed by atoms with van der Waals surface area (Å²) in [5.74, 6) is 1.67. The van der Waals surface area contributed by atoms with Crippen LogP contribution < -0.4 is 19.9 Å². The average molecular weight is 394 g/mol. The van der Waals surface area contributed by atoms with Gasteiger partial charge in [0.2, 0.25) is 10.0 Å². The molecule has 0 fully saturated rings. The maximum absolute atomic E-state index is 11.2. The first-order valence-electron chi connectivity index (χ1n) is 7.58. The van der Waals surface area contributed by atoms with Gasteiger partial charge in [-0.25, -0.2) is 23.5 Å². The van der Waals surface area contributed by atoms with Crippen LogP contribution in [0, 0.1) is 0 Å². The van der Waals surface area contributed by atoms with Crippen molar-refractivity contribution in [2.45, 2.75) is 12.3 Å². The van der Waals surface area contributed by atoms with Crippen LogP contribution in [0.2, 0.25) is 0 Å². The highest BCUT2D eigenvalue weighted by molar-refractivity contribution is 7.88. The highest BCUT2D eigenvalue weighted by Gasteiger charge is 2.12. The summed E-state index contributed by atoms with van der Waals surface area (Å²) < 4.78 is 33.0. The minimum absolute atomic E-state index is 0.162. The van der Waals surface area contributed by atoms with Gasteiger partial charge in [0.1, 0.15) is 12.1 Å². The summed E-state index contributed by atoms with van der Waals surface area (Å²) in [6.45, 7) is 0.496. The summed E-state index contributed by atoms with van der Waals surface area (Å²) in [5, 5.41) is 9.13. The fourth-order valence-electron chi connectivity index (χ4n) is 2.49. The van der Waals surface area contributed by atoms with Gasteiger partial charge in [-0.05, 0) is 18.2 Å². The van der Waals surface area contributed by atoms with Gasteiger partial charge in [0.15, 0.2) is 11.5 Å². The molecule has 2 aromatic heterocycles. The number of hydrogen-bond donors (Lipinski definition) is 2. The third-order valence-electron chi connectivity index (χ3n) is 3.63. The number of sulfonamides is 1. The summed E-state index contributed by atoms with van der Waals surface area (Å²) in [4.78, 5) is 10.2. The molecule has 10 heteroatoms. The number of nitrogens with zero attached hydrogens (tertiary/aromatic N) is 2. The molecule has 0 saturated heterocycles. The number of rotatable bonds is 7. The van der Waals surface area contributed by atoms with E-state index in [1.54, 1.807) is 26.4 Å². The molecule has 3 N–H and O–H groups in total. The molecule has 0 aliphatic carbocycles. The van der Waals surface area contributed by atoms with Crippen LogP contribution in [0.1, 0.15) is 9.75 Å². The maximum Gasteiger partial charge on any atom is 0.214 e. The Balaban J connectivity index is 1.83. The molecule has 26 heavy (non-hydrogen) atoms. The van der Waals surface area contributed by atoms with Crippen molar-refractivity contribution in [2.24, 2.45) is 5.14 Å². The Morgan fingerprint density at radius 3 is 2.50 bits per heavy atom. The molecule has 0 atom stereocenters. The fraction of sp³-hybridized carbons (Fsp3) is 0.250. The second kappa shape index (κ2) is 7.44. The van der Waals surface area contributed by atoms with Crippen LogP contribution in [0.25, 0.3) is 10.9 Å². The monoisotopic (exact) mass is 394 g/mol. The lowest BCUT2D eigenvalue weighted by Crippen LogP contribution is -2.13. The topological polar surface area (TPSA) is 116 Å². The largest absolute Gasteiger partial charge is 0.493 e. The maximum atomic E-state index is 11.2. The van der Waals surface area contributed by atoms with Crippen LogP contribution in [0.5, 0.6) is 11.5 Å². The number of hydrogen-bond acceptors (Lipinski definition) is 8. The summed E-state index contributed by atoms with van der Waals surface area (Å²) in [6.07, 6.45) is 1.47. The van der Waals surface area contributed by atoms with Crippen molar-refractivity contribution in [3.05, 3.63) is 40.3 Å². The molecule has 0 amide bonds. The zero-order chi connectivity index (χ0) is 18.7. The fourth-order valence-corrected chi connectivity index (χ4v) is 4.46. The molecule has 0 spiro atoms. The lowest BCUT2D eigenvalue weighted by atomic mass is 10.2. The first kappa shape index (κ1) is 18.4. The zero-order valence-electron chi connectivity index (χ0n) is 14.2. The van der Waals surface area contributed by atoms with Crippen molar-refractivity contribution in [2.75, 3.05) is 19.5 Å². The Bertz CT molecular complexity index is 1030. The predicted octanol–water partition coefficient (Wildman–Crippen LogP) is 2.11. The van der Waals surface area contributed by atoms with Gasteiger partial charge in [0.05, 0.1) is 32.0 Å². The summed E-state index contributed by atoms with van der Waals surface area (Å²) in [7, 11) is -0.392. The molecule has 3 rings (SSSR count). The highest BCUT2D eigenvalue weighted by atomic mass is 32.2. The van der Waals surface area contributed by atoms with E-state index in [2.05, 4.69) is 15.3 Å². The van der Waals surface area contributed by atoms with Crippen molar-refractivity contribution >= 4 is 38.1 Å². The number of fused-ring (bicyclic) bond motifs is 1. The van der Waals surface area contributed by atoms with E-state index in [-0.39, 0.29) is 5.75 Å². The van der Waals surface area contributed by atoms with E-state index in [0.717, 1.165) is 15.8 Å². The average Bonchev–Trinajstić information content (AvgIpc) is 3.03. The van der Waals surface area contributed by atoms with Gasteiger partial charge in [-0.2, -0.15) is 0 Å². The first-order valence-corrected chi connectivity index (χ1v) is 10.1. The highest BCUT2D eigenvalue weighted by Crippen LogP contribution is 2.33. The minimum Gasteiger partial charge on any atom is -0.493 e. The zero-order valence-corrected chi connectivity index (χ0v) is 15.9. The SMILES string of the molecule is COc1cc2ncnc(NCc3ccc(CS(N)(=O)=O)s3)c2cc1OC. The quantitative estimate of drug-likeness (QED) is 0.630. The number of nitrogens with two attached hydrogens (primary N) is 1. The van der Waals surface area contributed by atoms with E-state index in [1.807, 2.05) is 12.1 Å². The third kappa shape index (κ3) is 4.21. The Kier molecular flexibility index (Phi) is 5.25. The molecule has 0 saturated carbocycles. The lowest BCUT2D eigenvalue weighted by Gasteiger charge is -2.11.